The molecule has 1 N–H and O–H groups in total. The molecule has 1 saturated carbocycles. The largest absolute Gasteiger partial charge is 0.310 e. The van der Waals surface area contributed by atoms with Crippen molar-refractivity contribution in [3.05, 3.63) is 59.8 Å². The zero-order chi connectivity index (χ0) is 13.1. The molecule has 0 radical (unpaired) electrons. The van der Waals surface area contributed by atoms with Crippen LogP contribution in [0.2, 0.25) is 0 Å². The summed E-state index contributed by atoms with van der Waals surface area (Å²) in [5.74, 6) is 0.961. The summed E-state index contributed by atoms with van der Waals surface area (Å²) in [7, 11) is 0. The first-order valence-corrected chi connectivity index (χ1v) is 6.61. The highest BCUT2D eigenvalue weighted by atomic mass is 16.2. The zero-order valence-corrected chi connectivity index (χ0v) is 10.7. The maximum atomic E-state index is 11.6. The van der Waals surface area contributed by atoms with Gasteiger partial charge in [0.1, 0.15) is 5.82 Å². The smallest absolute Gasteiger partial charge is 0.228 e. The highest BCUT2D eigenvalue weighted by Crippen LogP contribution is 2.29. The highest BCUT2D eigenvalue weighted by Gasteiger charge is 2.29. The molecular formula is C16H16N2O. The van der Waals surface area contributed by atoms with Crippen LogP contribution in [0.3, 0.4) is 0 Å². The molecule has 3 nitrogen and oxygen atoms in total. The lowest BCUT2D eigenvalue weighted by Gasteiger charge is -2.05. The van der Waals surface area contributed by atoms with E-state index in [1.54, 1.807) is 0 Å². The van der Waals surface area contributed by atoms with Crippen LogP contribution in [0, 0.1) is 5.92 Å². The molecule has 1 aromatic carbocycles. The molecular weight excluding hydrogens is 236 g/mol. The zero-order valence-electron chi connectivity index (χ0n) is 10.7. The second-order valence-electron chi connectivity index (χ2n) is 4.98. The van der Waals surface area contributed by atoms with Crippen molar-refractivity contribution in [1.82, 2.24) is 4.98 Å². The van der Waals surface area contributed by atoms with Crippen LogP contribution in [0.15, 0.2) is 48.7 Å². The topological polar surface area (TPSA) is 42.0 Å². The van der Waals surface area contributed by atoms with E-state index >= 15 is 0 Å². The minimum absolute atomic E-state index is 0.100. The van der Waals surface area contributed by atoms with Gasteiger partial charge in [0, 0.05) is 12.1 Å². The Morgan fingerprint density at radius 2 is 1.89 bits per heavy atom. The average Bonchev–Trinajstić information content (AvgIpc) is 3.27. The second-order valence-corrected chi connectivity index (χ2v) is 4.98. The van der Waals surface area contributed by atoms with Gasteiger partial charge < -0.3 is 5.32 Å². The van der Waals surface area contributed by atoms with Crippen molar-refractivity contribution < 1.29 is 4.79 Å². The lowest BCUT2D eigenvalue weighted by molar-refractivity contribution is -0.117. The number of benzene rings is 1. The van der Waals surface area contributed by atoms with E-state index in [0.29, 0.717) is 5.82 Å². The molecule has 0 saturated heterocycles. The van der Waals surface area contributed by atoms with Gasteiger partial charge in [-0.3, -0.25) is 4.79 Å². The number of carbonyl (C=O) groups excluding carboxylic acids is 1. The first kappa shape index (κ1) is 11.9. The van der Waals surface area contributed by atoms with E-state index in [1.807, 2.05) is 36.5 Å². The van der Waals surface area contributed by atoms with E-state index in [2.05, 4.69) is 22.4 Å². The fourth-order valence-electron chi connectivity index (χ4n) is 2.01. The minimum Gasteiger partial charge on any atom is -0.310 e. The molecule has 1 heterocycles. The van der Waals surface area contributed by atoms with Gasteiger partial charge in [-0.15, -0.1) is 0 Å². The van der Waals surface area contributed by atoms with E-state index in [9.17, 15) is 4.79 Å². The van der Waals surface area contributed by atoms with Crippen molar-refractivity contribution >= 4 is 11.7 Å². The highest BCUT2D eigenvalue weighted by molar-refractivity contribution is 5.93. The molecule has 0 unspecified atom stereocenters. The maximum absolute atomic E-state index is 11.6. The Morgan fingerprint density at radius 1 is 1.11 bits per heavy atom. The quantitative estimate of drug-likeness (QED) is 0.908. The fourth-order valence-corrected chi connectivity index (χ4v) is 2.01. The summed E-state index contributed by atoms with van der Waals surface area (Å²) in [5, 5.41) is 2.84. The number of rotatable bonds is 4. The fraction of sp³-hybridized carbons (Fsp3) is 0.250. The lowest BCUT2D eigenvalue weighted by Crippen LogP contribution is -2.14. The molecule has 19 heavy (non-hydrogen) atoms. The Kier molecular flexibility index (Phi) is 3.27. The summed E-state index contributed by atoms with van der Waals surface area (Å²) < 4.78 is 0. The molecule has 3 rings (SSSR count). The van der Waals surface area contributed by atoms with Crippen molar-refractivity contribution in [2.45, 2.75) is 19.3 Å². The van der Waals surface area contributed by atoms with Gasteiger partial charge in [0.15, 0.2) is 0 Å². The van der Waals surface area contributed by atoms with Crippen LogP contribution in [-0.2, 0) is 11.2 Å². The van der Waals surface area contributed by atoms with Gasteiger partial charge in [0.25, 0.3) is 0 Å². The van der Waals surface area contributed by atoms with Crippen molar-refractivity contribution in [2.24, 2.45) is 5.92 Å². The second kappa shape index (κ2) is 5.22. The third kappa shape index (κ3) is 3.19. The number of anilines is 1. The Morgan fingerprint density at radius 3 is 2.53 bits per heavy atom. The van der Waals surface area contributed by atoms with E-state index in [1.165, 1.54) is 5.56 Å². The molecule has 1 amide bonds. The Hall–Kier alpha value is -2.16. The van der Waals surface area contributed by atoms with Crippen LogP contribution >= 0.6 is 0 Å². The third-order valence-corrected chi connectivity index (χ3v) is 3.28. The number of pyridine rings is 1. The van der Waals surface area contributed by atoms with Crippen LogP contribution in [-0.4, -0.2) is 10.9 Å². The number of nitrogens with one attached hydrogen (secondary N) is 1. The average molecular weight is 252 g/mol. The molecule has 0 spiro atoms. The third-order valence-electron chi connectivity index (χ3n) is 3.28. The number of aromatic nitrogens is 1. The lowest BCUT2D eigenvalue weighted by atomic mass is 10.1. The molecule has 0 bridgehead atoms. The predicted octanol–water partition coefficient (Wildman–Crippen LogP) is 3.02. The first-order valence-electron chi connectivity index (χ1n) is 6.61. The molecule has 1 aliphatic carbocycles. The predicted molar refractivity (Wildman–Crippen MR) is 74.8 cm³/mol. The summed E-state index contributed by atoms with van der Waals surface area (Å²) in [6, 6.07) is 14.2. The maximum Gasteiger partial charge on any atom is 0.228 e. The summed E-state index contributed by atoms with van der Waals surface area (Å²) in [4.78, 5) is 15.9. The van der Waals surface area contributed by atoms with Gasteiger partial charge in [0.05, 0.1) is 0 Å². The van der Waals surface area contributed by atoms with Crippen molar-refractivity contribution in [3.8, 4) is 0 Å². The van der Waals surface area contributed by atoms with Gasteiger partial charge in [-0.2, -0.15) is 0 Å². The number of nitrogens with zero attached hydrogens (tertiary/aromatic N) is 1. The monoisotopic (exact) mass is 252 g/mol. The molecule has 1 aliphatic rings. The van der Waals surface area contributed by atoms with Crippen LogP contribution in [0.5, 0.6) is 0 Å². The van der Waals surface area contributed by atoms with Crippen LogP contribution in [0.4, 0.5) is 5.82 Å². The van der Waals surface area contributed by atoms with Crippen molar-refractivity contribution in [3.63, 3.8) is 0 Å². The van der Waals surface area contributed by atoms with Crippen molar-refractivity contribution in [1.29, 1.82) is 0 Å². The first-order chi connectivity index (χ1) is 9.31. The molecule has 2 aromatic rings. The summed E-state index contributed by atoms with van der Waals surface area (Å²) in [5.41, 5.74) is 2.41. The Balaban J connectivity index is 1.63. The van der Waals surface area contributed by atoms with Gasteiger partial charge in [0.2, 0.25) is 5.91 Å². The van der Waals surface area contributed by atoms with Crippen LogP contribution in [0.1, 0.15) is 24.0 Å². The van der Waals surface area contributed by atoms with E-state index in [-0.39, 0.29) is 11.8 Å². The van der Waals surface area contributed by atoms with E-state index in [0.717, 1.165) is 24.8 Å². The number of amides is 1. The van der Waals surface area contributed by atoms with Crippen LogP contribution in [0.25, 0.3) is 0 Å². The summed E-state index contributed by atoms with van der Waals surface area (Å²) in [6.07, 6.45) is 4.72. The molecule has 3 heteroatoms. The summed E-state index contributed by atoms with van der Waals surface area (Å²) in [6.45, 7) is 0. The SMILES string of the molecule is O=C(Nc1ccc(Cc2ccccc2)cn1)C1CC1. The van der Waals surface area contributed by atoms with Gasteiger partial charge in [-0.25, -0.2) is 4.98 Å². The van der Waals surface area contributed by atoms with E-state index in [4.69, 9.17) is 0 Å². The summed E-state index contributed by atoms with van der Waals surface area (Å²) >= 11 is 0. The molecule has 0 atom stereocenters. The van der Waals surface area contributed by atoms with Gasteiger partial charge >= 0.3 is 0 Å². The number of carbonyl (C=O) groups is 1. The van der Waals surface area contributed by atoms with Gasteiger partial charge in [-0.1, -0.05) is 36.4 Å². The van der Waals surface area contributed by atoms with Crippen molar-refractivity contribution in [2.75, 3.05) is 5.32 Å². The van der Waals surface area contributed by atoms with Gasteiger partial charge in [-0.05, 0) is 36.5 Å². The normalized spacial score (nSPS) is 14.1. The number of hydrogen-bond acceptors (Lipinski definition) is 2. The number of hydrogen-bond donors (Lipinski definition) is 1. The molecule has 96 valence electrons. The minimum atomic E-state index is 0.100. The van der Waals surface area contributed by atoms with Crippen LogP contribution < -0.4 is 5.32 Å². The molecule has 1 aromatic heterocycles. The molecule has 1 fully saturated rings. The molecule has 0 aliphatic heterocycles. The Bertz CT molecular complexity index is 559. The Labute approximate surface area is 112 Å². The standard InChI is InChI=1S/C16H16N2O/c19-16(14-7-8-14)18-15-9-6-13(11-17-15)10-12-4-2-1-3-5-12/h1-6,9,11,14H,7-8,10H2,(H,17,18,19). The van der Waals surface area contributed by atoms with E-state index < -0.39 is 0 Å².